The topological polar surface area (TPSA) is 69.6 Å². The number of aliphatic hydroxyl groups is 1. The molecule has 0 aromatic carbocycles. The van der Waals surface area contributed by atoms with Crippen LogP contribution in [0.2, 0.25) is 0 Å². The SMILES string of the molecule is CN(C)CC(C)(C)CNS(=O)(=O)c1ccc(CO)s1. The molecule has 110 valence electrons. The standard InChI is InChI=1S/C12H22N2O3S2/c1-12(2,9-14(3)4)8-13-19(16,17)11-6-5-10(7-15)18-11/h5-6,13,15H,7-9H2,1-4H3. The molecule has 2 N–H and O–H groups in total. The Labute approximate surface area is 119 Å². The number of nitrogens with one attached hydrogen (secondary N) is 1. The smallest absolute Gasteiger partial charge is 0.250 e. The van der Waals surface area contributed by atoms with Crippen LogP contribution in [0.4, 0.5) is 0 Å². The first kappa shape index (κ1) is 16.6. The quantitative estimate of drug-likeness (QED) is 0.792. The summed E-state index contributed by atoms with van der Waals surface area (Å²) in [5.41, 5.74) is -0.145. The molecule has 19 heavy (non-hydrogen) atoms. The van der Waals surface area contributed by atoms with Crippen molar-refractivity contribution in [3.05, 3.63) is 17.0 Å². The van der Waals surface area contributed by atoms with Crippen molar-refractivity contribution < 1.29 is 13.5 Å². The Balaban J connectivity index is 2.70. The number of thiophene rings is 1. The summed E-state index contributed by atoms with van der Waals surface area (Å²) in [6.07, 6.45) is 0. The van der Waals surface area contributed by atoms with E-state index in [1.54, 1.807) is 6.07 Å². The molecule has 1 rings (SSSR count). The van der Waals surface area contributed by atoms with Crippen LogP contribution in [0.15, 0.2) is 16.3 Å². The molecule has 0 bridgehead atoms. The molecule has 0 aliphatic carbocycles. The molecule has 0 spiro atoms. The van der Waals surface area contributed by atoms with Gasteiger partial charge >= 0.3 is 0 Å². The van der Waals surface area contributed by atoms with Crippen LogP contribution >= 0.6 is 11.3 Å². The van der Waals surface area contributed by atoms with E-state index in [-0.39, 0.29) is 16.2 Å². The zero-order valence-corrected chi connectivity index (χ0v) is 13.4. The molecule has 0 atom stereocenters. The van der Waals surface area contributed by atoms with Crippen LogP contribution in [-0.2, 0) is 16.6 Å². The number of nitrogens with zero attached hydrogens (tertiary/aromatic N) is 1. The van der Waals surface area contributed by atoms with Crippen LogP contribution in [0.3, 0.4) is 0 Å². The number of sulfonamides is 1. The van der Waals surface area contributed by atoms with Crippen LogP contribution in [0, 0.1) is 5.41 Å². The van der Waals surface area contributed by atoms with Gasteiger partial charge in [0.2, 0.25) is 10.0 Å². The van der Waals surface area contributed by atoms with Gasteiger partial charge in [-0.1, -0.05) is 13.8 Å². The fraction of sp³-hybridized carbons (Fsp3) is 0.667. The zero-order valence-electron chi connectivity index (χ0n) is 11.8. The van der Waals surface area contributed by atoms with E-state index >= 15 is 0 Å². The van der Waals surface area contributed by atoms with Crippen LogP contribution in [-0.4, -0.2) is 45.6 Å². The molecule has 0 radical (unpaired) electrons. The second-order valence-corrected chi connectivity index (χ2v) is 8.77. The highest BCUT2D eigenvalue weighted by atomic mass is 32.2. The van der Waals surface area contributed by atoms with Crippen molar-refractivity contribution in [3.63, 3.8) is 0 Å². The highest BCUT2D eigenvalue weighted by Gasteiger charge is 2.23. The van der Waals surface area contributed by atoms with Gasteiger partial charge in [-0.25, -0.2) is 13.1 Å². The summed E-state index contributed by atoms with van der Waals surface area (Å²) in [4.78, 5) is 2.68. The van der Waals surface area contributed by atoms with E-state index < -0.39 is 10.0 Å². The lowest BCUT2D eigenvalue weighted by atomic mass is 9.93. The summed E-state index contributed by atoms with van der Waals surface area (Å²) in [6.45, 7) is 5.07. The Morgan fingerprint density at radius 2 is 2.00 bits per heavy atom. The first-order valence-corrected chi connectivity index (χ1v) is 8.30. The molecule has 0 aliphatic heterocycles. The van der Waals surface area contributed by atoms with E-state index in [9.17, 15) is 8.42 Å². The van der Waals surface area contributed by atoms with Gasteiger partial charge in [0, 0.05) is 18.0 Å². The summed E-state index contributed by atoms with van der Waals surface area (Å²) < 4.78 is 27.1. The summed E-state index contributed by atoms with van der Waals surface area (Å²) >= 11 is 1.09. The van der Waals surface area contributed by atoms with Gasteiger partial charge in [-0.3, -0.25) is 0 Å². The monoisotopic (exact) mass is 306 g/mol. The molecule has 0 saturated heterocycles. The molecule has 0 unspecified atom stereocenters. The minimum atomic E-state index is -3.48. The maximum atomic E-state index is 12.1. The van der Waals surface area contributed by atoms with E-state index in [2.05, 4.69) is 4.72 Å². The van der Waals surface area contributed by atoms with Crippen LogP contribution in [0.1, 0.15) is 18.7 Å². The second-order valence-electron chi connectivity index (χ2n) is 5.61. The fourth-order valence-electron chi connectivity index (χ4n) is 1.86. The van der Waals surface area contributed by atoms with Gasteiger partial charge in [0.1, 0.15) is 4.21 Å². The number of rotatable bonds is 7. The van der Waals surface area contributed by atoms with Crippen molar-refractivity contribution in [2.75, 3.05) is 27.2 Å². The third-order valence-corrected chi connectivity index (χ3v) is 5.51. The minimum absolute atomic E-state index is 0.133. The third-order valence-electron chi connectivity index (χ3n) is 2.54. The van der Waals surface area contributed by atoms with Crippen molar-refractivity contribution >= 4 is 21.4 Å². The molecular formula is C12H22N2O3S2. The second kappa shape index (κ2) is 6.32. The summed E-state index contributed by atoms with van der Waals surface area (Å²) in [7, 11) is 0.443. The van der Waals surface area contributed by atoms with Crippen LogP contribution in [0.25, 0.3) is 0 Å². The van der Waals surface area contributed by atoms with Gasteiger partial charge in [0.15, 0.2) is 0 Å². The van der Waals surface area contributed by atoms with Crippen LogP contribution in [0.5, 0.6) is 0 Å². The average Bonchev–Trinajstić information content (AvgIpc) is 2.74. The Hall–Kier alpha value is -0.470. The molecule has 0 fully saturated rings. The van der Waals surface area contributed by atoms with Gasteiger partial charge in [0.25, 0.3) is 0 Å². The molecule has 1 aromatic heterocycles. The molecule has 0 aliphatic rings. The largest absolute Gasteiger partial charge is 0.391 e. The van der Waals surface area contributed by atoms with Gasteiger partial charge in [-0.2, -0.15) is 0 Å². The minimum Gasteiger partial charge on any atom is -0.391 e. The Bertz CT molecular complexity index is 507. The van der Waals surface area contributed by atoms with Crippen molar-refractivity contribution in [2.24, 2.45) is 5.41 Å². The number of aliphatic hydroxyl groups excluding tert-OH is 1. The normalized spacial score (nSPS) is 13.2. The third kappa shape index (κ3) is 5.19. The Morgan fingerprint density at radius 3 is 2.47 bits per heavy atom. The lowest BCUT2D eigenvalue weighted by molar-refractivity contribution is 0.242. The van der Waals surface area contributed by atoms with Gasteiger partial charge < -0.3 is 10.0 Å². The average molecular weight is 306 g/mol. The molecule has 1 aromatic rings. The predicted octanol–water partition coefficient (Wildman–Crippen LogP) is 1.11. The van der Waals surface area contributed by atoms with E-state index in [0.29, 0.717) is 11.4 Å². The van der Waals surface area contributed by atoms with Gasteiger partial charge in [-0.05, 0) is 31.6 Å². The maximum Gasteiger partial charge on any atom is 0.250 e. The molecule has 1 heterocycles. The molecule has 0 amide bonds. The molecule has 7 heteroatoms. The maximum absolute atomic E-state index is 12.1. The molecular weight excluding hydrogens is 284 g/mol. The summed E-state index contributed by atoms with van der Waals surface area (Å²) in [6, 6.07) is 3.15. The van der Waals surface area contributed by atoms with Gasteiger partial charge in [0.05, 0.1) is 6.61 Å². The van der Waals surface area contributed by atoms with E-state index in [1.807, 2.05) is 32.8 Å². The van der Waals surface area contributed by atoms with Crippen molar-refractivity contribution in [1.82, 2.24) is 9.62 Å². The molecule has 0 saturated carbocycles. The van der Waals surface area contributed by atoms with Crippen molar-refractivity contribution in [1.29, 1.82) is 0 Å². The van der Waals surface area contributed by atoms with E-state index in [4.69, 9.17) is 5.11 Å². The highest BCUT2D eigenvalue weighted by Crippen LogP contribution is 2.22. The number of hydrogen-bond acceptors (Lipinski definition) is 5. The Morgan fingerprint density at radius 1 is 1.37 bits per heavy atom. The summed E-state index contributed by atoms with van der Waals surface area (Å²) in [5, 5.41) is 8.96. The van der Waals surface area contributed by atoms with Crippen LogP contribution < -0.4 is 4.72 Å². The number of hydrogen-bond donors (Lipinski definition) is 2. The fourth-order valence-corrected chi connectivity index (χ4v) is 4.36. The van der Waals surface area contributed by atoms with E-state index in [1.165, 1.54) is 6.07 Å². The lowest BCUT2D eigenvalue weighted by Gasteiger charge is -2.28. The van der Waals surface area contributed by atoms with Crippen molar-refractivity contribution in [3.8, 4) is 0 Å². The van der Waals surface area contributed by atoms with E-state index in [0.717, 1.165) is 17.9 Å². The first-order chi connectivity index (χ1) is 8.66. The zero-order chi connectivity index (χ0) is 14.7. The lowest BCUT2D eigenvalue weighted by Crippen LogP contribution is -2.39. The first-order valence-electron chi connectivity index (χ1n) is 6.00. The Kier molecular flexibility index (Phi) is 5.52. The van der Waals surface area contributed by atoms with Crippen molar-refractivity contribution in [2.45, 2.75) is 24.7 Å². The highest BCUT2D eigenvalue weighted by molar-refractivity contribution is 7.91. The molecule has 5 nitrogen and oxygen atoms in total. The predicted molar refractivity (Wildman–Crippen MR) is 77.8 cm³/mol. The van der Waals surface area contributed by atoms with Gasteiger partial charge in [-0.15, -0.1) is 11.3 Å². The summed E-state index contributed by atoms with van der Waals surface area (Å²) in [5.74, 6) is 0.